The lowest BCUT2D eigenvalue weighted by molar-refractivity contribution is -0.385. The van der Waals surface area contributed by atoms with Crippen LogP contribution in [0.1, 0.15) is 207 Å². The van der Waals surface area contributed by atoms with Gasteiger partial charge >= 0.3 is 24.5 Å². The molecule has 9 aromatic carbocycles. The van der Waals surface area contributed by atoms with Crippen LogP contribution in [0.5, 0.6) is 0 Å². The highest BCUT2D eigenvalue weighted by molar-refractivity contribution is 6.92. The van der Waals surface area contributed by atoms with E-state index in [4.69, 9.17) is 75.6 Å². The minimum Gasteiger partial charge on any atom is -0.444 e. The number of Topliss-reactive ketones (excluding diaryl/α,β-unsaturated/α-hetero) is 4. The summed E-state index contributed by atoms with van der Waals surface area (Å²) in [5, 5.41) is 37.0. The van der Waals surface area contributed by atoms with Crippen LogP contribution in [-0.4, -0.2) is 134 Å². The zero-order valence-electron chi connectivity index (χ0n) is 81.6. The number of nitro benzene ring substituents is 2. The van der Waals surface area contributed by atoms with Crippen LogP contribution in [0.4, 0.5) is 92.8 Å². The number of ether oxygens (including phenoxy) is 2. The van der Waals surface area contributed by atoms with E-state index in [2.05, 4.69) is 105 Å². The number of benzene rings is 9. The van der Waals surface area contributed by atoms with Gasteiger partial charge in [-0.2, -0.15) is 36.2 Å². The number of hydrogen-bond donors (Lipinski definition) is 6. The number of hydrogen-bond acceptors (Lipinski definition) is 24. The number of fused-ring (bicyclic) bond motifs is 3. The number of anilines is 5. The van der Waals surface area contributed by atoms with Crippen molar-refractivity contribution < 1.29 is 94.6 Å². The van der Waals surface area contributed by atoms with Crippen LogP contribution >= 0.6 is 44.7 Å². The molecule has 30 nitrogen and oxygen atoms in total. The van der Waals surface area contributed by atoms with Crippen molar-refractivity contribution >= 4 is 166 Å². The van der Waals surface area contributed by atoms with E-state index < -0.39 is 81.2 Å². The fourth-order valence-electron chi connectivity index (χ4n) is 13.3. The van der Waals surface area contributed by atoms with Gasteiger partial charge in [-0.1, -0.05) is 95.1 Å². The van der Waals surface area contributed by atoms with Crippen LogP contribution in [0.2, 0.25) is 5.28 Å². The van der Waals surface area contributed by atoms with Crippen molar-refractivity contribution in [3.63, 3.8) is 0 Å². The number of halogens is 9. The molecular formula is C106H126Cl3F6N14O16P. The van der Waals surface area contributed by atoms with Crippen molar-refractivity contribution in [2.45, 2.75) is 208 Å². The van der Waals surface area contributed by atoms with E-state index in [1.807, 2.05) is 115 Å². The highest BCUT2D eigenvalue weighted by Crippen LogP contribution is 2.39. The fraction of sp³-hybridized carbons (Fsp3) is 0.311. The third-order valence-electron chi connectivity index (χ3n) is 20.2. The summed E-state index contributed by atoms with van der Waals surface area (Å²) >= 11 is 14.8. The molecule has 0 fully saturated rings. The number of nitro groups is 2. The summed E-state index contributed by atoms with van der Waals surface area (Å²) in [6.45, 7) is 29.6. The summed E-state index contributed by atoms with van der Waals surface area (Å²) in [5.41, 5.74) is 30.4. The molecule has 0 saturated carbocycles. The molecule has 0 aliphatic carbocycles. The number of nitrogens with one attached hydrogen (secondary N) is 3. The van der Waals surface area contributed by atoms with Gasteiger partial charge in [-0.15, -0.1) is 23.2 Å². The maximum Gasteiger partial charge on any atom is 0.446 e. The molecule has 0 radical (unpaired) electrons. The van der Waals surface area contributed by atoms with Crippen LogP contribution in [0.25, 0.3) is 0 Å². The smallest absolute Gasteiger partial charge is 0.444 e. The number of carbonyl (C=O) groups excluding carboxylic acids is 8. The van der Waals surface area contributed by atoms with Gasteiger partial charge in [-0.25, -0.2) is 29.5 Å². The number of aryl methyl sites for hydroxylation is 9. The van der Waals surface area contributed by atoms with E-state index in [1.165, 1.54) is 53.4 Å². The zero-order valence-corrected chi connectivity index (χ0v) is 85.3. The number of aromatic nitrogens is 4. The van der Waals surface area contributed by atoms with Crippen molar-refractivity contribution in [3.05, 3.63) is 326 Å². The first-order valence-corrected chi connectivity index (χ1v) is 44.9. The number of aliphatic hydroxyl groups excluding tert-OH is 1. The van der Waals surface area contributed by atoms with Crippen LogP contribution in [0.15, 0.2) is 210 Å². The lowest BCUT2D eigenvalue weighted by Gasteiger charge is -2.21. The molecule has 146 heavy (non-hydrogen) atoms. The zero-order chi connectivity index (χ0) is 105. The summed E-state index contributed by atoms with van der Waals surface area (Å²) in [7, 11) is 0. The van der Waals surface area contributed by atoms with E-state index in [0.29, 0.717) is 78.2 Å². The number of nitrogen functional groups attached to an aromatic ring is 2. The van der Waals surface area contributed by atoms with Gasteiger partial charge in [0.25, 0.3) is 11.4 Å². The Balaban J connectivity index is 0.000000874. The second kappa shape index (κ2) is 60.5. The molecule has 2 aromatic heterocycles. The number of non-ortho nitro benzene ring substituents is 2. The number of aldehydes is 1. The maximum absolute atomic E-state index is 13.4. The molecule has 10 N–H and O–H groups in total. The van der Waals surface area contributed by atoms with Crippen LogP contribution < -0.4 is 27.4 Å². The van der Waals surface area contributed by atoms with Crippen molar-refractivity contribution in [3.8, 4) is 0 Å². The van der Waals surface area contributed by atoms with Crippen molar-refractivity contribution in [2.24, 2.45) is 15.0 Å². The fourth-order valence-corrected chi connectivity index (χ4v) is 13.4. The monoisotopic (exact) mass is 2100 g/mol. The summed E-state index contributed by atoms with van der Waals surface area (Å²) < 4.78 is 81.7. The molecule has 0 bridgehead atoms. The minimum absolute atomic E-state index is 0. The number of rotatable bonds is 13. The first-order valence-electron chi connectivity index (χ1n) is 43.5. The maximum atomic E-state index is 13.4. The highest BCUT2D eigenvalue weighted by Gasteiger charge is 2.35. The van der Waals surface area contributed by atoms with Gasteiger partial charge in [0.05, 0.1) is 84.1 Å². The number of ketones is 4. The Hall–Kier alpha value is -14.3. The largest absolute Gasteiger partial charge is 0.446 e. The Kier molecular flexibility index (Phi) is 53.7. The number of amides is 3. The predicted octanol–water partition coefficient (Wildman–Crippen LogP) is 24.8. The molecule has 5 heterocycles. The standard InChI is InChI=1S/C23H21N3O.C22H22F3N3O6.C18H16N2O3.C18H18N2O.C13H20N2O2.C4H3ClN2.C2HF3O.C2H6O.CH2Cl2.3CH4.H2O.H3P/c1-15-9-19-13-20(27)14-22(26-21(19)10-16(15)2)18-6-3-5-17(11-18)12-23-24-7-4-8-25-23;1-12-8-16(27-20(31)34-21(2,3)4)17(10-15(12)22(23,24)25)26-19(30)11-18(29)13-6-5-7-14(9-13)28(32)33;1-11-6-14-9-16(21)10-18(19-17(14)7-12(11)2)13-4-3-5-15(8-13)20(22)23;1-11-6-14-9-16(21)10-18(20-17(14)7-12(11)2)13-4-3-5-15(19)8-13;1-8-6-10(14)11(7-9(8)2)15-12(16)17-13(3,4)5;5-4-6-2-1-3-7-4;3-2(4,5)1-6;1-2-3;2-1-3;;;;;/h3-11H,12-14H2,1-2H3;5-10H,11H2,1-4H3,(H,26,30)(H,27,31);3-8H,9-10H2,1-2H3;3-8H,9-10,19H2,1-2H3;6-7H,14H2,1-5H3,(H,15,16);1-3H;1H;3H,2H2,1H3;1H2;3*1H4;1H2;1H3. The second-order valence-electron chi connectivity index (χ2n) is 34.1. The number of nitrogens with zero attached hydrogens (tertiary/aromatic N) is 9. The average molecular weight is 2100 g/mol. The molecule has 3 amide bonds. The van der Waals surface area contributed by atoms with Crippen molar-refractivity contribution in [1.82, 2.24) is 19.9 Å². The van der Waals surface area contributed by atoms with E-state index in [-0.39, 0.29) is 102 Å². The van der Waals surface area contributed by atoms with Crippen LogP contribution in [0, 0.1) is 82.5 Å². The average Bonchev–Trinajstić information content (AvgIpc) is 1.18. The Morgan fingerprint density at radius 2 is 0.829 bits per heavy atom. The first kappa shape index (κ1) is 130. The van der Waals surface area contributed by atoms with E-state index >= 15 is 0 Å². The number of aliphatic imine (C=N–C) groups is 3. The molecule has 1 atom stereocenters. The minimum atomic E-state index is -4.74. The SMILES string of the molecule is C.C.C.CCO.Cc1cc(N)c(NC(=O)OC(C)(C)C)cc1C.Cc1cc(NC(=O)OC(C)(C)C)c(NC(=O)CC(=O)c2cccc([N+](=O)[O-])c2)cc1C(F)(F)F.Cc1cc2c(cc1C)N=C(c1cccc(Cc3ncccn3)c1)CC(=O)C2.Cc1cc2c(cc1C)N=C(c1cccc(N)c1)CC(=O)C2.Cc1cc2c(cc1C)N=C(c1cccc([N+](=O)[O-])c1)CC(=O)C2.ClCCl.Clc1ncccn1.O.O=CC(F)(F)F.P. The molecule has 0 saturated heterocycles. The molecule has 3 aliphatic heterocycles. The topological polar surface area (TPSA) is 470 Å². The van der Waals surface area contributed by atoms with Gasteiger partial charge in [0.2, 0.25) is 17.5 Å². The molecule has 40 heteroatoms. The molecule has 11 aromatic rings. The molecule has 3 aliphatic rings. The summed E-state index contributed by atoms with van der Waals surface area (Å²) in [6.07, 6.45) is -3.21. The number of alkyl halides is 8. The van der Waals surface area contributed by atoms with Gasteiger partial charge in [-0.3, -0.25) is 74.6 Å². The Morgan fingerprint density at radius 3 is 1.22 bits per heavy atom. The first-order chi connectivity index (χ1) is 66.1. The summed E-state index contributed by atoms with van der Waals surface area (Å²) in [6, 6.07) is 47.9. The predicted molar refractivity (Wildman–Crippen MR) is 572 cm³/mol. The molecule has 784 valence electrons. The number of nitrogens with two attached hydrogens (primary N) is 2. The third-order valence-corrected chi connectivity index (χ3v) is 20.4. The molecular weight excluding hydrogens is 1980 g/mol. The third kappa shape index (κ3) is 44.1. The Morgan fingerprint density at radius 1 is 0.479 bits per heavy atom. The Labute approximate surface area is 864 Å². The van der Waals surface area contributed by atoms with E-state index in [9.17, 15) is 80.1 Å². The van der Waals surface area contributed by atoms with E-state index in [1.54, 1.807) is 70.7 Å². The number of aliphatic hydroxyl groups is 1. The lowest BCUT2D eigenvalue weighted by Crippen LogP contribution is -2.28. The van der Waals surface area contributed by atoms with E-state index in [0.717, 1.165) is 108 Å². The normalized spacial score (nSPS) is 11.9. The van der Waals surface area contributed by atoms with Gasteiger partial charge in [-0.05, 0) is 279 Å². The van der Waals surface area contributed by atoms with Crippen LogP contribution in [0.3, 0.4) is 0 Å². The molecule has 0 spiro atoms. The van der Waals surface area contributed by atoms with Gasteiger partial charge in [0, 0.05) is 117 Å². The van der Waals surface area contributed by atoms with Gasteiger partial charge in [0.1, 0.15) is 34.4 Å². The molecule has 14 rings (SSSR count). The summed E-state index contributed by atoms with van der Waals surface area (Å²) in [4.78, 5) is 145. The Bertz CT molecular complexity index is 6460. The molecule has 1 unspecified atom stereocenters. The quantitative estimate of drug-likeness (QED) is 0.00596. The summed E-state index contributed by atoms with van der Waals surface area (Å²) in [5.74, 6) is -0.528. The van der Waals surface area contributed by atoms with Crippen molar-refractivity contribution in [1.29, 1.82) is 0 Å². The number of carbonyl (C=O) groups is 8. The van der Waals surface area contributed by atoms with Gasteiger partial charge < -0.3 is 36.8 Å². The highest BCUT2D eigenvalue weighted by atomic mass is 35.5. The second-order valence-corrected chi connectivity index (χ2v) is 35.2. The van der Waals surface area contributed by atoms with Crippen molar-refractivity contribution in [2.75, 3.05) is 39.4 Å². The van der Waals surface area contributed by atoms with Crippen LogP contribution in [-0.2, 0) is 65.3 Å². The van der Waals surface area contributed by atoms with Gasteiger partial charge in [0.15, 0.2) is 5.78 Å². The lowest BCUT2D eigenvalue weighted by atomic mass is 9.98.